The summed E-state index contributed by atoms with van der Waals surface area (Å²) in [5.74, 6) is -1.38. The van der Waals surface area contributed by atoms with Crippen molar-refractivity contribution in [3.8, 4) is 0 Å². The van der Waals surface area contributed by atoms with E-state index in [9.17, 15) is 14.4 Å². The third-order valence-electron chi connectivity index (χ3n) is 5.76. The molecule has 2 atom stereocenters. The van der Waals surface area contributed by atoms with Gasteiger partial charge in [-0.05, 0) is 35.4 Å². The summed E-state index contributed by atoms with van der Waals surface area (Å²) in [7, 11) is 0. The maximum absolute atomic E-state index is 13.4. The molecule has 6 heteroatoms. The van der Waals surface area contributed by atoms with Crippen molar-refractivity contribution >= 4 is 17.8 Å². The van der Waals surface area contributed by atoms with E-state index < -0.39 is 18.2 Å². The predicted octanol–water partition coefficient (Wildman–Crippen LogP) is 4.57. The lowest BCUT2D eigenvalue weighted by Gasteiger charge is -2.24. The number of amides is 2. The van der Waals surface area contributed by atoms with Crippen molar-refractivity contribution in [2.45, 2.75) is 25.1 Å². The molecule has 0 unspecified atom stereocenters. The summed E-state index contributed by atoms with van der Waals surface area (Å²) in [6.45, 7) is 0. The summed E-state index contributed by atoms with van der Waals surface area (Å²) < 4.78 is 5.83. The molecule has 2 N–H and O–H groups in total. The number of hydrogen-bond acceptors (Lipinski definition) is 4. The molecular weight excluding hydrogens is 464 g/mol. The first kappa shape index (κ1) is 25.4. The van der Waals surface area contributed by atoms with E-state index in [0.29, 0.717) is 11.1 Å². The number of ether oxygens (including phenoxy) is 1. The Labute approximate surface area is 216 Å². The second-order valence-corrected chi connectivity index (χ2v) is 8.54. The summed E-state index contributed by atoms with van der Waals surface area (Å²) >= 11 is 0. The maximum Gasteiger partial charge on any atom is 0.330 e. The van der Waals surface area contributed by atoms with E-state index in [4.69, 9.17) is 4.74 Å². The third kappa shape index (κ3) is 7.64. The van der Waals surface area contributed by atoms with Gasteiger partial charge < -0.3 is 15.4 Å². The van der Waals surface area contributed by atoms with Gasteiger partial charge in [-0.25, -0.2) is 4.79 Å². The molecule has 0 saturated heterocycles. The van der Waals surface area contributed by atoms with Crippen molar-refractivity contribution in [1.82, 2.24) is 10.6 Å². The Balaban J connectivity index is 1.54. The zero-order chi connectivity index (χ0) is 25.9. The molecule has 0 heterocycles. The molecular formula is C31H28N2O4. The number of benzene rings is 4. The van der Waals surface area contributed by atoms with Gasteiger partial charge in [0.15, 0.2) is 6.23 Å². The smallest absolute Gasteiger partial charge is 0.330 e. The van der Waals surface area contributed by atoms with Crippen LogP contribution in [0.2, 0.25) is 0 Å². The Hall–Kier alpha value is -4.71. The van der Waals surface area contributed by atoms with Gasteiger partial charge in [0.25, 0.3) is 11.8 Å². The first-order valence-electron chi connectivity index (χ1n) is 12.1. The summed E-state index contributed by atoms with van der Waals surface area (Å²) in [5, 5.41) is 5.63. The molecule has 37 heavy (non-hydrogen) atoms. The number of nitrogens with one attached hydrogen (secondary N) is 2. The summed E-state index contributed by atoms with van der Waals surface area (Å²) in [4.78, 5) is 39.2. The molecule has 186 valence electrons. The highest BCUT2D eigenvalue weighted by molar-refractivity contribution is 5.97. The van der Waals surface area contributed by atoms with E-state index in [1.165, 1.54) is 0 Å². The van der Waals surface area contributed by atoms with Crippen LogP contribution in [0.5, 0.6) is 0 Å². The summed E-state index contributed by atoms with van der Waals surface area (Å²) in [6.07, 6.45) is -0.423. The molecule has 0 fully saturated rings. The molecule has 0 aliphatic rings. The van der Waals surface area contributed by atoms with Crippen molar-refractivity contribution in [2.24, 2.45) is 0 Å². The van der Waals surface area contributed by atoms with E-state index in [0.717, 1.165) is 11.1 Å². The van der Waals surface area contributed by atoms with Crippen LogP contribution in [-0.2, 0) is 22.4 Å². The van der Waals surface area contributed by atoms with Crippen LogP contribution in [0.4, 0.5) is 0 Å². The molecule has 6 nitrogen and oxygen atoms in total. The average Bonchev–Trinajstić information content (AvgIpc) is 2.94. The van der Waals surface area contributed by atoms with Crippen LogP contribution < -0.4 is 10.6 Å². The molecule has 4 rings (SSSR count). The molecule has 4 aromatic rings. The largest absolute Gasteiger partial charge is 0.440 e. The van der Waals surface area contributed by atoms with Gasteiger partial charge in [0.1, 0.15) is 6.04 Å². The molecule has 0 aliphatic carbocycles. The van der Waals surface area contributed by atoms with Crippen LogP contribution in [0.15, 0.2) is 121 Å². The minimum absolute atomic E-state index is 0.239. The lowest BCUT2D eigenvalue weighted by molar-refractivity contribution is -0.152. The monoisotopic (exact) mass is 492 g/mol. The topological polar surface area (TPSA) is 84.5 Å². The molecule has 0 aliphatic heterocycles. The molecule has 0 spiro atoms. The van der Waals surface area contributed by atoms with Crippen molar-refractivity contribution in [2.75, 3.05) is 0 Å². The molecule has 2 amide bonds. The molecule has 0 aromatic heterocycles. The van der Waals surface area contributed by atoms with Crippen LogP contribution in [0.3, 0.4) is 0 Å². The Bertz CT molecular complexity index is 1300. The Morgan fingerprint density at radius 3 is 1.43 bits per heavy atom. The zero-order valence-corrected chi connectivity index (χ0v) is 20.2. The van der Waals surface area contributed by atoms with E-state index in [1.807, 2.05) is 72.8 Å². The van der Waals surface area contributed by atoms with Gasteiger partial charge in [-0.1, -0.05) is 97.1 Å². The average molecular weight is 493 g/mol. The number of carbonyl (C=O) groups excluding carboxylic acids is 3. The highest BCUT2D eigenvalue weighted by Crippen LogP contribution is 2.11. The molecule has 0 saturated carbocycles. The second kappa shape index (κ2) is 12.8. The Morgan fingerprint density at radius 2 is 0.946 bits per heavy atom. The van der Waals surface area contributed by atoms with Crippen molar-refractivity contribution in [3.63, 3.8) is 0 Å². The third-order valence-corrected chi connectivity index (χ3v) is 5.76. The zero-order valence-electron chi connectivity index (χ0n) is 20.2. The van der Waals surface area contributed by atoms with Crippen molar-refractivity contribution in [1.29, 1.82) is 0 Å². The molecule has 0 radical (unpaired) electrons. The van der Waals surface area contributed by atoms with E-state index in [1.54, 1.807) is 48.5 Å². The lowest BCUT2D eigenvalue weighted by atomic mass is 10.1. The van der Waals surface area contributed by atoms with Crippen LogP contribution in [0, 0.1) is 0 Å². The fourth-order valence-corrected chi connectivity index (χ4v) is 3.87. The fraction of sp³-hybridized carbons (Fsp3) is 0.129. The molecule has 4 aromatic carbocycles. The van der Waals surface area contributed by atoms with Crippen LogP contribution in [0.25, 0.3) is 0 Å². The predicted molar refractivity (Wildman–Crippen MR) is 142 cm³/mol. The van der Waals surface area contributed by atoms with Gasteiger partial charge in [0, 0.05) is 24.0 Å². The first-order valence-corrected chi connectivity index (χ1v) is 12.1. The van der Waals surface area contributed by atoms with Gasteiger partial charge in [-0.15, -0.1) is 0 Å². The number of hydrogen-bond donors (Lipinski definition) is 2. The number of carbonyl (C=O) groups is 3. The second-order valence-electron chi connectivity index (χ2n) is 8.54. The number of esters is 1. The lowest BCUT2D eigenvalue weighted by Crippen LogP contribution is -2.48. The van der Waals surface area contributed by atoms with Gasteiger partial charge in [-0.2, -0.15) is 0 Å². The SMILES string of the molecule is O=C(N[C@@H](Cc1ccccc1)OC(=O)[C@H](Cc1ccccc1)NC(=O)c1ccccc1)c1ccccc1. The summed E-state index contributed by atoms with van der Waals surface area (Å²) in [5.41, 5.74) is 2.65. The van der Waals surface area contributed by atoms with Crippen molar-refractivity contribution < 1.29 is 19.1 Å². The number of rotatable bonds is 10. The minimum atomic E-state index is -0.956. The fourth-order valence-electron chi connectivity index (χ4n) is 3.87. The molecule has 0 bridgehead atoms. The highest BCUT2D eigenvalue weighted by atomic mass is 16.6. The Morgan fingerprint density at radius 1 is 0.541 bits per heavy atom. The first-order chi connectivity index (χ1) is 18.1. The Kier molecular flexibility index (Phi) is 8.81. The standard InChI is InChI=1S/C31H28N2O4/c34-29(25-17-9-3-10-18-25)32-27(21-23-13-5-1-6-14-23)31(36)37-28(22-24-15-7-2-8-16-24)33-30(35)26-19-11-4-12-20-26/h1-20,27-28H,21-22H2,(H,32,34)(H,33,35)/t27-,28+/m0/s1. The van der Waals surface area contributed by atoms with E-state index in [-0.39, 0.29) is 24.7 Å². The maximum atomic E-state index is 13.4. The van der Waals surface area contributed by atoms with E-state index in [2.05, 4.69) is 10.6 Å². The van der Waals surface area contributed by atoms with Gasteiger partial charge in [0.05, 0.1) is 0 Å². The quantitative estimate of drug-likeness (QED) is 0.251. The van der Waals surface area contributed by atoms with Crippen LogP contribution in [0.1, 0.15) is 31.8 Å². The highest BCUT2D eigenvalue weighted by Gasteiger charge is 2.27. The van der Waals surface area contributed by atoms with Gasteiger partial charge in [0.2, 0.25) is 0 Å². The summed E-state index contributed by atoms with van der Waals surface area (Å²) in [6, 6.07) is 35.3. The van der Waals surface area contributed by atoms with Gasteiger partial charge in [-0.3, -0.25) is 9.59 Å². The minimum Gasteiger partial charge on any atom is -0.440 e. The van der Waals surface area contributed by atoms with Gasteiger partial charge >= 0.3 is 5.97 Å². The van der Waals surface area contributed by atoms with Crippen molar-refractivity contribution in [3.05, 3.63) is 144 Å². The van der Waals surface area contributed by atoms with E-state index >= 15 is 0 Å². The van der Waals surface area contributed by atoms with Crippen LogP contribution >= 0.6 is 0 Å². The van der Waals surface area contributed by atoms with Crippen LogP contribution in [-0.4, -0.2) is 30.1 Å². The normalized spacial score (nSPS) is 12.1.